The van der Waals surface area contributed by atoms with E-state index in [1.807, 2.05) is 0 Å². The molecule has 9 heteroatoms. The molecule has 4 nitrogen and oxygen atoms in total. The molecule has 0 fully saturated rings. The molecule has 22 heavy (non-hydrogen) atoms. The molecule has 0 aliphatic carbocycles. The molecule has 0 heterocycles. The normalized spacial score (nSPS) is 11.7. The lowest BCUT2D eigenvalue weighted by molar-refractivity contribution is 0.148. The van der Waals surface area contributed by atoms with E-state index in [1.54, 1.807) is 4.72 Å². The molecule has 0 atom stereocenters. The molecule has 3 N–H and O–H groups in total. The van der Waals surface area contributed by atoms with Crippen LogP contribution < -0.4 is 10.5 Å². The first-order valence-corrected chi connectivity index (χ1v) is 7.35. The largest absolute Gasteiger partial charge is 0.394 e. The van der Waals surface area contributed by atoms with E-state index < -0.39 is 49.9 Å². The summed E-state index contributed by atoms with van der Waals surface area (Å²) in [5.74, 6) is -2.38. The maximum absolute atomic E-state index is 13.7. The van der Waals surface area contributed by atoms with Crippen LogP contribution in [0.3, 0.4) is 0 Å². The zero-order chi connectivity index (χ0) is 16.5. The highest BCUT2D eigenvalue weighted by Crippen LogP contribution is 2.29. The van der Waals surface area contributed by atoms with Crippen LogP contribution in [0, 0.1) is 11.6 Å². The summed E-state index contributed by atoms with van der Waals surface area (Å²) in [5, 5.41) is 0. The summed E-state index contributed by atoms with van der Waals surface area (Å²) in [4.78, 5) is -0.702. The number of sulfonamides is 1. The minimum absolute atomic E-state index is 0.636. The lowest BCUT2D eigenvalue weighted by atomic mass is 10.2. The Labute approximate surface area is 123 Å². The molecule has 0 spiro atoms. The number of hydrogen-bond acceptors (Lipinski definition) is 3. The Morgan fingerprint density at radius 1 is 1.05 bits per heavy atom. The molecule has 0 bridgehead atoms. The SMILES string of the molecule is Nc1c(F)ccc(NS(=O)(=O)c2ccccc2C(F)F)c1F. The van der Waals surface area contributed by atoms with Crippen molar-refractivity contribution in [2.24, 2.45) is 0 Å². The van der Waals surface area contributed by atoms with Crippen molar-refractivity contribution in [2.45, 2.75) is 11.3 Å². The molecule has 0 radical (unpaired) electrons. The number of nitrogen functional groups attached to an aromatic ring is 1. The van der Waals surface area contributed by atoms with Crippen LogP contribution in [-0.4, -0.2) is 8.42 Å². The van der Waals surface area contributed by atoms with E-state index >= 15 is 0 Å². The summed E-state index contributed by atoms with van der Waals surface area (Å²) < 4.78 is 78.5. The van der Waals surface area contributed by atoms with Crippen molar-refractivity contribution >= 4 is 21.4 Å². The Kier molecular flexibility index (Phi) is 4.27. The van der Waals surface area contributed by atoms with Gasteiger partial charge in [-0.25, -0.2) is 26.0 Å². The maximum atomic E-state index is 13.7. The van der Waals surface area contributed by atoms with Gasteiger partial charge in [-0.15, -0.1) is 0 Å². The predicted octanol–water partition coefficient (Wildman–Crippen LogP) is 3.29. The first-order chi connectivity index (χ1) is 10.2. The number of benzene rings is 2. The predicted molar refractivity (Wildman–Crippen MR) is 73.0 cm³/mol. The van der Waals surface area contributed by atoms with Crippen LogP contribution in [0.25, 0.3) is 0 Å². The summed E-state index contributed by atoms with van der Waals surface area (Å²) >= 11 is 0. The lowest BCUT2D eigenvalue weighted by Gasteiger charge is -2.13. The van der Waals surface area contributed by atoms with Crippen LogP contribution in [0.1, 0.15) is 12.0 Å². The van der Waals surface area contributed by atoms with Crippen LogP contribution in [0.5, 0.6) is 0 Å². The number of alkyl halides is 2. The van der Waals surface area contributed by atoms with E-state index in [1.165, 1.54) is 12.1 Å². The standard InChI is InChI=1S/C13H10F4N2O2S/c14-8-5-6-9(11(15)12(8)18)19-22(20,21)10-4-2-1-3-7(10)13(16)17/h1-6,13,19H,18H2. The summed E-state index contributed by atoms with van der Waals surface area (Å²) in [6, 6.07) is 5.95. The molecular weight excluding hydrogens is 324 g/mol. The van der Waals surface area contributed by atoms with Gasteiger partial charge in [0.1, 0.15) is 11.5 Å². The maximum Gasteiger partial charge on any atom is 0.265 e. The quantitative estimate of drug-likeness (QED) is 0.666. The van der Waals surface area contributed by atoms with Crippen LogP contribution in [-0.2, 0) is 10.0 Å². The Bertz CT molecular complexity index is 810. The van der Waals surface area contributed by atoms with Crippen molar-refractivity contribution in [3.63, 3.8) is 0 Å². The van der Waals surface area contributed by atoms with Gasteiger partial charge in [0.25, 0.3) is 16.4 Å². The second-order valence-electron chi connectivity index (χ2n) is 4.27. The molecule has 118 valence electrons. The lowest BCUT2D eigenvalue weighted by Crippen LogP contribution is -2.16. The van der Waals surface area contributed by atoms with Gasteiger partial charge in [0.2, 0.25) is 0 Å². The molecule has 0 saturated heterocycles. The number of halogens is 4. The van der Waals surface area contributed by atoms with Crippen LogP contribution in [0.15, 0.2) is 41.3 Å². The Morgan fingerprint density at radius 3 is 2.32 bits per heavy atom. The molecule has 0 aromatic heterocycles. The molecule has 0 aliphatic heterocycles. The average molecular weight is 334 g/mol. The van der Waals surface area contributed by atoms with Crippen molar-refractivity contribution in [1.82, 2.24) is 0 Å². The van der Waals surface area contributed by atoms with Gasteiger partial charge in [-0.1, -0.05) is 18.2 Å². The second kappa shape index (κ2) is 5.84. The molecule has 0 saturated carbocycles. The number of rotatable bonds is 4. The highest BCUT2D eigenvalue weighted by Gasteiger charge is 2.24. The van der Waals surface area contributed by atoms with E-state index in [-0.39, 0.29) is 0 Å². The third kappa shape index (κ3) is 2.98. The van der Waals surface area contributed by atoms with Gasteiger partial charge in [-0.05, 0) is 18.2 Å². The minimum Gasteiger partial charge on any atom is -0.394 e. The number of nitrogens with two attached hydrogens (primary N) is 1. The fourth-order valence-corrected chi connectivity index (χ4v) is 3.04. The van der Waals surface area contributed by atoms with Gasteiger partial charge < -0.3 is 5.73 Å². The molecular formula is C13H10F4N2O2S. The first kappa shape index (κ1) is 16.1. The molecule has 0 amide bonds. The highest BCUT2D eigenvalue weighted by molar-refractivity contribution is 7.92. The Balaban J connectivity index is 2.48. The minimum atomic E-state index is -4.49. The Hall–Kier alpha value is -2.29. The zero-order valence-electron chi connectivity index (χ0n) is 10.9. The molecule has 2 rings (SSSR count). The number of hydrogen-bond donors (Lipinski definition) is 2. The summed E-state index contributed by atoms with van der Waals surface area (Å²) in [6.07, 6.45) is -3.03. The van der Waals surface area contributed by atoms with Crippen molar-refractivity contribution in [3.8, 4) is 0 Å². The summed E-state index contributed by atoms with van der Waals surface area (Å²) in [5.41, 5.74) is 2.87. The van der Waals surface area contributed by atoms with E-state index in [0.717, 1.165) is 24.3 Å². The molecule has 2 aromatic carbocycles. The third-order valence-electron chi connectivity index (χ3n) is 2.81. The number of anilines is 2. The molecule has 2 aromatic rings. The van der Waals surface area contributed by atoms with Crippen molar-refractivity contribution < 1.29 is 26.0 Å². The average Bonchev–Trinajstić information content (AvgIpc) is 2.48. The van der Waals surface area contributed by atoms with Crippen LogP contribution in [0.4, 0.5) is 28.9 Å². The fraction of sp³-hybridized carbons (Fsp3) is 0.0769. The summed E-state index contributed by atoms with van der Waals surface area (Å²) in [7, 11) is -4.49. The number of nitrogens with one attached hydrogen (secondary N) is 1. The van der Waals surface area contributed by atoms with Crippen LogP contribution >= 0.6 is 0 Å². The van der Waals surface area contributed by atoms with E-state index in [4.69, 9.17) is 5.73 Å². The molecule has 0 unspecified atom stereocenters. The van der Waals surface area contributed by atoms with Crippen molar-refractivity contribution in [2.75, 3.05) is 10.5 Å². The fourth-order valence-electron chi connectivity index (χ4n) is 1.75. The Morgan fingerprint density at radius 2 is 1.68 bits per heavy atom. The second-order valence-corrected chi connectivity index (χ2v) is 5.92. The van der Waals surface area contributed by atoms with Gasteiger partial charge in [0.05, 0.1) is 10.6 Å². The van der Waals surface area contributed by atoms with Gasteiger partial charge in [0.15, 0.2) is 5.82 Å². The van der Waals surface area contributed by atoms with Gasteiger partial charge >= 0.3 is 0 Å². The first-order valence-electron chi connectivity index (χ1n) is 5.87. The highest BCUT2D eigenvalue weighted by atomic mass is 32.2. The van der Waals surface area contributed by atoms with E-state index in [9.17, 15) is 26.0 Å². The van der Waals surface area contributed by atoms with E-state index in [0.29, 0.717) is 0 Å². The van der Waals surface area contributed by atoms with Gasteiger partial charge in [0, 0.05) is 5.56 Å². The third-order valence-corrected chi connectivity index (χ3v) is 4.25. The monoisotopic (exact) mass is 334 g/mol. The van der Waals surface area contributed by atoms with Crippen molar-refractivity contribution in [3.05, 3.63) is 53.6 Å². The smallest absolute Gasteiger partial charge is 0.265 e. The van der Waals surface area contributed by atoms with Crippen LogP contribution in [0.2, 0.25) is 0 Å². The van der Waals surface area contributed by atoms with Gasteiger partial charge in [-0.3, -0.25) is 4.72 Å². The zero-order valence-corrected chi connectivity index (χ0v) is 11.7. The summed E-state index contributed by atoms with van der Waals surface area (Å²) in [6.45, 7) is 0. The topological polar surface area (TPSA) is 72.2 Å². The van der Waals surface area contributed by atoms with Crippen molar-refractivity contribution in [1.29, 1.82) is 0 Å². The van der Waals surface area contributed by atoms with Gasteiger partial charge in [-0.2, -0.15) is 0 Å². The van der Waals surface area contributed by atoms with E-state index in [2.05, 4.69) is 0 Å². The molecule has 0 aliphatic rings.